The van der Waals surface area contributed by atoms with Crippen LogP contribution in [0.25, 0.3) is 0 Å². The second-order valence-corrected chi connectivity index (χ2v) is 4.71. The standard InChI is InChI=1S/C15H17ClN2/c1-3-17-15(12-6-8-14(16)9-7-12)13-5-4-11(2)18-10-13/h4-10,15,17H,3H2,1-2H3. The van der Waals surface area contributed by atoms with Gasteiger partial charge in [0, 0.05) is 16.9 Å². The molecule has 0 aliphatic carbocycles. The monoisotopic (exact) mass is 260 g/mol. The number of rotatable bonds is 4. The summed E-state index contributed by atoms with van der Waals surface area (Å²) in [4.78, 5) is 4.36. The first-order valence-electron chi connectivity index (χ1n) is 6.12. The van der Waals surface area contributed by atoms with Crippen molar-refractivity contribution in [2.75, 3.05) is 6.54 Å². The number of aryl methyl sites for hydroxylation is 1. The maximum Gasteiger partial charge on any atom is 0.0591 e. The summed E-state index contributed by atoms with van der Waals surface area (Å²) in [6, 6.07) is 12.3. The fraction of sp³-hybridized carbons (Fsp3) is 0.267. The van der Waals surface area contributed by atoms with Crippen LogP contribution in [0.1, 0.15) is 29.8 Å². The van der Waals surface area contributed by atoms with Crippen LogP contribution >= 0.6 is 11.6 Å². The highest BCUT2D eigenvalue weighted by Crippen LogP contribution is 2.23. The summed E-state index contributed by atoms with van der Waals surface area (Å²) in [5.74, 6) is 0. The third kappa shape index (κ3) is 3.09. The predicted octanol–water partition coefficient (Wildman–Crippen LogP) is 3.74. The second-order valence-electron chi connectivity index (χ2n) is 4.28. The van der Waals surface area contributed by atoms with Gasteiger partial charge in [0.1, 0.15) is 0 Å². The van der Waals surface area contributed by atoms with Crippen molar-refractivity contribution < 1.29 is 0 Å². The Bertz CT molecular complexity index is 445. The van der Waals surface area contributed by atoms with E-state index in [1.165, 1.54) is 11.1 Å². The van der Waals surface area contributed by atoms with Gasteiger partial charge in [0.25, 0.3) is 0 Å². The van der Waals surface area contributed by atoms with E-state index in [2.05, 4.69) is 35.4 Å². The first kappa shape index (κ1) is 13.1. The molecule has 0 spiro atoms. The molecule has 1 heterocycles. The number of halogens is 1. The maximum atomic E-state index is 5.93. The van der Waals surface area contributed by atoms with Crippen LogP contribution < -0.4 is 5.32 Å². The van der Waals surface area contributed by atoms with Crippen molar-refractivity contribution in [1.29, 1.82) is 0 Å². The highest BCUT2D eigenvalue weighted by molar-refractivity contribution is 6.30. The van der Waals surface area contributed by atoms with Crippen LogP contribution in [0.15, 0.2) is 42.6 Å². The van der Waals surface area contributed by atoms with E-state index in [0.717, 1.165) is 17.3 Å². The van der Waals surface area contributed by atoms with Gasteiger partial charge in [0.2, 0.25) is 0 Å². The molecular weight excluding hydrogens is 244 g/mol. The van der Waals surface area contributed by atoms with Gasteiger partial charge >= 0.3 is 0 Å². The van der Waals surface area contributed by atoms with E-state index in [9.17, 15) is 0 Å². The topological polar surface area (TPSA) is 24.9 Å². The summed E-state index contributed by atoms with van der Waals surface area (Å²) in [5.41, 5.74) is 3.40. The summed E-state index contributed by atoms with van der Waals surface area (Å²) in [7, 11) is 0. The molecule has 0 saturated heterocycles. The van der Waals surface area contributed by atoms with Crippen molar-refractivity contribution in [2.45, 2.75) is 19.9 Å². The molecule has 1 N–H and O–H groups in total. The zero-order valence-electron chi connectivity index (χ0n) is 10.7. The van der Waals surface area contributed by atoms with E-state index in [1.807, 2.05) is 31.3 Å². The van der Waals surface area contributed by atoms with Gasteiger partial charge in [-0.3, -0.25) is 4.98 Å². The minimum absolute atomic E-state index is 0.167. The van der Waals surface area contributed by atoms with Crippen molar-refractivity contribution in [1.82, 2.24) is 10.3 Å². The third-order valence-electron chi connectivity index (χ3n) is 2.88. The molecule has 0 aliphatic rings. The van der Waals surface area contributed by atoms with Crippen LogP contribution in [0.4, 0.5) is 0 Å². The van der Waals surface area contributed by atoms with E-state index in [4.69, 9.17) is 11.6 Å². The average Bonchev–Trinajstić information content (AvgIpc) is 2.39. The number of pyridine rings is 1. The summed E-state index contributed by atoms with van der Waals surface area (Å²) < 4.78 is 0. The number of benzene rings is 1. The molecule has 3 heteroatoms. The number of nitrogens with one attached hydrogen (secondary N) is 1. The molecular formula is C15H17ClN2. The number of nitrogens with zero attached hydrogens (tertiary/aromatic N) is 1. The Labute approximate surface area is 113 Å². The molecule has 94 valence electrons. The molecule has 0 fully saturated rings. The third-order valence-corrected chi connectivity index (χ3v) is 3.13. The van der Waals surface area contributed by atoms with Gasteiger partial charge in [0.15, 0.2) is 0 Å². The van der Waals surface area contributed by atoms with Crippen LogP contribution in [0.5, 0.6) is 0 Å². The van der Waals surface area contributed by atoms with Crippen molar-refractivity contribution in [3.63, 3.8) is 0 Å². The number of hydrogen-bond acceptors (Lipinski definition) is 2. The fourth-order valence-corrected chi connectivity index (χ4v) is 2.06. The van der Waals surface area contributed by atoms with Gasteiger partial charge in [-0.25, -0.2) is 0 Å². The summed E-state index contributed by atoms with van der Waals surface area (Å²) >= 11 is 5.93. The van der Waals surface area contributed by atoms with Crippen molar-refractivity contribution in [2.24, 2.45) is 0 Å². The molecule has 0 aliphatic heterocycles. The van der Waals surface area contributed by atoms with Crippen molar-refractivity contribution in [3.8, 4) is 0 Å². The molecule has 1 aromatic heterocycles. The normalized spacial score (nSPS) is 12.4. The van der Waals surface area contributed by atoms with Crippen LogP contribution in [0, 0.1) is 6.92 Å². The lowest BCUT2D eigenvalue weighted by molar-refractivity contribution is 0.628. The molecule has 2 aromatic rings. The van der Waals surface area contributed by atoms with E-state index in [-0.39, 0.29) is 6.04 Å². The smallest absolute Gasteiger partial charge is 0.0591 e. The average molecular weight is 261 g/mol. The highest BCUT2D eigenvalue weighted by Gasteiger charge is 2.12. The molecule has 0 bridgehead atoms. The predicted molar refractivity (Wildman–Crippen MR) is 75.9 cm³/mol. The Hall–Kier alpha value is -1.38. The zero-order chi connectivity index (χ0) is 13.0. The van der Waals surface area contributed by atoms with E-state index in [0.29, 0.717) is 0 Å². The van der Waals surface area contributed by atoms with Gasteiger partial charge in [-0.2, -0.15) is 0 Å². The van der Waals surface area contributed by atoms with Crippen LogP contribution in [0.3, 0.4) is 0 Å². The summed E-state index contributed by atoms with van der Waals surface area (Å²) in [6.45, 7) is 5.00. The maximum absolute atomic E-state index is 5.93. The SMILES string of the molecule is CCNC(c1ccc(Cl)cc1)c1ccc(C)nc1. The highest BCUT2D eigenvalue weighted by atomic mass is 35.5. The lowest BCUT2D eigenvalue weighted by atomic mass is 10.00. The van der Waals surface area contributed by atoms with E-state index < -0.39 is 0 Å². The number of hydrogen-bond donors (Lipinski definition) is 1. The lowest BCUT2D eigenvalue weighted by Gasteiger charge is -2.18. The Morgan fingerprint density at radius 2 is 1.78 bits per heavy atom. The Balaban J connectivity index is 2.33. The molecule has 0 amide bonds. The fourth-order valence-electron chi connectivity index (χ4n) is 1.94. The van der Waals surface area contributed by atoms with Crippen LogP contribution in [-0.2, 0) is 0 Å². The minimum atomic E-state index is 0.167. The van der Waals surface area contributed by atoms with E-state index in [1.54, 1.807) is 0 Å². The second kappa shape index (κ2) is 5.98. The minimum Gasteiger partial charge on any atom is -0.306 e. The quantitative estimate of drug-likeness (QED) is 0.906. The van der Waals surface area contributed by atoms with Gasteiger partial charge in [-0.15, -0.1) is 0 Å². The van der Waals surface area contributed by atoms with Crippen molar-refractivity contribution in [3.05, 3.63) is 64.4 Å². The first-order chi connectivity index (χ1) is 8.70. The first-order valence-corrected chi connectivity index (χ1v) is 6.50. The van der Waals surface area contributed by atoms with Crippen LogP contribution in [0.2, 0.25) is 5.02 Å². The number of aromatic nitrogens is 1. The van der Waals surface area contributed by atoms with E-state index >= 15 is 0 Å². The molecule has 2 nitrogen and oxygen atoms in total. The molecule has 0 saturated carbocycles. The molecule has 1 atom stereocenters. The zero-order valence-corrected chi connectivity index (χ0v) is 11.4. The van der Waals surface area contributed by atoms with Crippen molar-refractivity contribution >= 4 is 11.6 Å². The molecule has 0 radical (unpaired) electrons. The Morgan fingerprint density at radius 1 is 1.11 bits per heavy atom. The van der Waals surface area contributed by atoms with Gasteiger partial charge in [-0.05, 0) is 42.8 Å². The van der Waals surface area contributed by atoms with Gasteiger partial charge < -0.3 is 5.32 Å². The van der Waals surface area contributed by atoms with Crippen LogP contribution in [-0.4, -0.2) is 11.5 Å². The largest absolute Gasteiger partial charge is 0.306 e. The lowest BCUT2D eigenvalue weighted by Crippen LogP contribution is -2.22. The summed E-state index contributed by atoms with van der Waals surface area (Å²) in [5, 5.41) is 4.23. The Morgan fingerprint density at radius 3 is 2.33 bits per heavy atom. The Kier molecular flexibility index (Phi) is 4.34. The molecule has 1 aromatic carbocycles. The van der Waals surface area contributed by atoms with Gasteiger partial charge in [-0.1, -0.05) is 36.7 Å². The summed E-state index contributed by atoms with van der Waals surface area (Å²) in [6.07, 6.45) is 1.93. The molecule has 18 heavy (non-hydrogen) atoms. The van der Waals surface area contributed by atoms with Gasteiger partial charge in [0.05, 0.1) is 6.04 Å². The molecule has 2 rings (SSSR count). The molecule has 1 unspecified atom stereocenters.